The highest BCUT2D eigenvalue weighted by molar-refractivity contribution is 6.32. The lowest BCUT2D eigenvalue weighted by Gasteiger charge is -2.18. The number of rotatable bonds is 6. The highest BCUT2D eigenvalue weighted by Crippen LogP contribution is 2.25. The van der Waals surface area contributed by atoms with E-state index in [1.165, 1.54) is 12.1 Å². The third-order valence-corrected chi connectivity index (χ3v) is 4.17. The van der Waals surface area contributed by atoms with Crippen molar-refractivity contribution >= 4 is 34.8 Å². The van der Waals surface area contributed by atoms with Crippen molar-refractivity contribution in [2.24, 2.45) is 0 Å². The van der Waals surface area contributed by atoms with Crippen molar-refractivity contribution in [3.8, 4) is 0 Å². The van der Waals surface area contributed by atoms with Gasteiger partial charge in [-0.1, -0.05) is 11.6 Å². The van der Waals surface area contributed by atoms with Crippen LogP contribution in [0.2, 0.25) is 5.02 Å². The molecule has 0 saturated carbocycles. The van der Waals surface area contributed by atoms with Crippen molar-refractivity contribution in [2.75, 3.05) is 18.4 Å². The molecule has 0 atom stereocenters. The second-order valence-electron chi connectivity index (χ2n) is 5.43. The molecule has 0 bridgehead atoms. The summed E-state index contributed by atoms with van der Waals surface area (Å²) in [5.41, 5.74) is 0.779. The van der Waals surface area contributed by atoms with E-state index in [1.54, 1.807) is 29.2 Å². The summed E-state index contributed by atoms with van der Waals surface area (Å²) in [5.74, 6) is -0.589. The Morgan fingerprint density at radius 1 is 1.08 bits per heavy atom. The Labute approximate surface area is 155 Å². The summed E-state index contributed by atoms with van der Waals surface area (Å²) in [6, 6.07) is 10.3. The van der Waals surface area contributed by atoms with Crippen LogP contribution in [0.25, 0.3) is 0 Å². The van der Waals surface area contributed by atoms with Gasteiger partial charge in [-0.15, -0.1) is 0 Å². The summed E-state index contributed by atoms with van der Waals surface area (Å²) < 4.78 is 0. The zero-order chi connectivity index (χ0) is 19.3. The Morgan fingerprint density at radius 3 is 2.19 bits per heavy atom. The molecule has 2 aromatic carbocycles. The van der Waals surface area contributed by atoms with Crippen molar-refractivity contribution in [2.45, 2.75) is 13.8 Å². The number of nitrogens with one attached hydrogen (secondary N) is 1. The molecule has 136 valence electrons. The van der Waals surface area contributed by atoms with E-state index >= 15 is 0 Å². The molecule has 2 rings (SSSR count). The zero-order valence-corrected chi connectivity index (χ0v) is 15.1. The van der Waals surface area contributed by atoms with Crippen LogP contribution in [0.4, 0.5) is 11.4 Å². The van der Waals surface area contributed by atoms with Crippen LogP contribution < -0.4 is 5.32 Å². The van der Waals surface area contributed by atoms with E-state index < -0.39 is 10.8 Å². The fourth-order valence-corrected chi connectivity index (χ4v) is 2.57. The molecule has 0 aliphatic carbocycles. The Bertz CT molecular complexity index is 833. The lowest BCUT2D eigenvalue weighted by molar-refractivity contribution is -0.384. The van der Waals surface area contributed by atoms with E-state index in [9.17, 15) is 19.7 Å². The molecule has 8 heteroatoms. The van der Waals surface area contributed by atoms with Crippen molar-refractivity contribution < 1.29 is 14.5 Å². The average molecular weight is 376 g/mol. The lowest BCUT2D eigenvalue weighted by Crippen LogP contribution is -2.30. The topological polar surface area (TPSA) is 92.6 Å². The van der Waals surface area contributed by atoms with Crippen LogP contribution >= 0.6 is 11.6 Å². The van der Waals surface area contributed by atoms with Crippen molar-refractivity contribution in [1.82, 2.24) is 4.90 Å². The molecule has 0 aliphatic heterocycles. The molecule has 0 aromatic heterocycles. The minimum atomic E-state index is -0.646. The number of halogens is 1. The van der Waals surface area contributed by atoms with Gasteiger partial charge in [0.2, 0.25) is 0 Å². The second kappa shape index (κ2) is 8.44. The first-order chi connectivity index (χ1) is 12.4. The van der Waals surface area contributed by atoms with Gasteiger partial charge in [-0.25, -0.2) is 0 Å². The lowest BCUT2D eigenvalue weighted by atomic mass is 10.1. The molecule has 2 amide bonds. The summed E-state index contributed by atoms with van der Waals surface area (Å²) in [5, 5.41) is 13.5. The maximum Gasteiger partial charge on any atom is 0.288 e. The largest absolute Gasteiger partial charge is 0.339 e. The number of benzene rings is 2. The number of nitro groups is 1. The molecule has 0 aliphatic rings. The summed E-state index contributed by atoms with van der Waals surface area (Å²) in [4.78, 5) is 36.5. The molecule has 0 spiro atoms. The molecule has 0 heterocycles. The number of hydrogen-bond acceptors (Lipinski definition) is 4. The van der Waals surface area contributed by atoms with E-state index in [1.807, 2.05) is 13.8 Å². The van der Waals surface area contributed by atoms with E-state index in [2.05, 4.69) is 5.32 Å². The quantitative estimate of drug-likeness (QED) is 0.610. The SMILES string of the molecule is CCN(CC)C(=O)c1ccc(NC(=O)c2ccc(Cl)c([N+](=O)[O-])c2)cc1. The number of amides is 2. The Kier molecular flexibility index (Phi) is 6.30. The number of anilines is 1. The third-order valence-electron chi connectivity index (χ3n) is 3.85. The number of nitrogens with zero attached hydrogens (tertiary/aromatic N) is 2. The first-order valence-corrected chi connectivity index (χ1v) is 8.39. The standard InChI is InChI=1S/C18H18ClN3O4/c1-3-21(4-2)18(24)12-5-8-14(9-6-12)20-17(23)13-7-10-15(19)16(11-13)22(25)26/h5-11H,3-4H2,1-2H3,(H,20,23). The Morgan fingerprint density at radius 2 is 1.65 bits per heavy atom. The fourth-order valence-electron chi connectivity index (χ4n) is 2.39. The molecule has 0 radical (unpaired) electrons. The molecule has 2 aromatic rings. The number of hydrogen-bond donors (Lipinski definition) is 1. The molecule has 1 N–H and O–H groups in total. The van der Waals surface area contributed by atoms with E-state index in [0.29, 0.717) is 24.3 Å². The van der Waals surface area contributed by atoms with Gasteiger partial charge in [0.05, 0.1) is 4.92 Å². The van der Waals surface area contributed by atoms with Gasteiger partial charge in [0.15, 0.2) is 0 Å². The summed E-state index contributed by atoms with van der Waals surface area (Å²) in [7, 11) is 0. The summed E-state index contributed by atoms with van der Waals surface area (Å²) in [6.45, 7) is 5.04. The smallest absolute Gasteiger partial charge is 0.288 e. The van der Waals surface area contributed by atoms with E-state index in [0.717, 1.165) is 6.07 Å². The van der Waals surface area contributed by atoms with Gasteiger partial charge in [0.25, 0.3) is 17.5 Å². The molecular weight excluding hydrogens is 358 g/mol. The zero-order valence-electron chi connectivity index (χ0n) is 14.4. The maximum absolute atomic E-state index is 12.3. The van der Waals surface area contributed by atoms with Crippen LogP contribution in [0, 0.1) is 10.1 Å². The highest BCUT2D eigenvalue weighted by Gasteiger charge is 2.17. The summed E-state index contributed by atoms with van der Waals surface area (Å²) in [6.07, 6.45) is 0. The van der Waals surface area contributed by atoms with Gasteiger partial charge < -0.3 is 10.2 Å². The van der Waals surface area contributed by atoms with Crippen LogP contribution in [0.1, 0.15) is 34.6 Å². The Hall–Kier alpha value is -2.93. The highest BCUT2D eigenvalue weighted by atomic mass is 35.5. The number of nitro benzene ring substituents is 1. The normalized spacial score (nSPS) is 10.3. The molecule has 0 saturated heterocycles. The van der Waals surface area contributed by atoms with Crippen molar-refractivity contribution in [3.05, 3.63) is 68.7 Å². The predicted octanol–water partition coefficient (Wildman–Crippen LogP) is 3.98. The number of carbonyl (C=O) groups is 2. The predicted molar refractivity (Wildman–Crippen MR) is 99.8 cm³/mol. The third kappa shape index (κ3) is 4.37. The van der Waals surface area contributed by atoms with Crippen LogP contribution in [-0.2, 0) is 0 Å². The molecule has 0 fully saturated rings. The van der Waals surface area contributed by atoms with Gasteiger partial charge >= 0.3 is 0 Å². The van der Waals surface area contributed by atoms with Crippen LogP contribution in [0.15, 0.2) is 42.5 Å². The van der Waals surface area contributed by atoms with Crippen LogP contribution in [0.3, 0.4) is 0 Å². The minimum Gasteiger partial charge on any atom is -0.339 e. The first-order valence-electron chi connectivity index (χ1n) is 8.02. The van der Waals surface area contributed by atoms with Gasteiger partial charge in [-0.05, 0) is 50.2 Å². The van der Waals surface area contributed by atoms with Gasteiger partial charge in [-0.2, -0.15) is 0 Å². The minimum absolute atomic E-state index is 0.0363. The first kappa shape index (κ1) is 19.4. The van der Waals surface area contributed by atoms with Crippen molar-refractivity contribution in [3.63, 3.8) is 0 Å². The van der Waals surface area contributed by atoms with E-state index in [-0.39, 0.29) is 22.2 Å². The van der Waals surface area contributed by atoms with Crippen molar-refractivity contribution in [1.29, 1.82) is 0 Å². The Balaban J connectivity index is 2.14. The number of carbonyl (C=O) groups excluding carboxylic acids is 2. The second-order valence-corrected chi connectivity index (χ2v) is 5.84. The molecule has 7 nitrogen and oxygen atoms in total. The van der Waals surface area contributed by atoms with Crippen LogP contribution in [-0.4, -0.2) is 34.7 Å². The monoisotopic (exact) mass is 375 g/mol. The van der Waals surface area contributed by atoms with E-state index in [4.69, 9.17) is 11.6 Å². The van der Waals surface area contributed by atoms with Gasteiger partial charge in [0.1, 0.15) is 5.02 Å². The maximum atomic E-state index is 12.3. The summed E-state index contributed by atoms with van der Waals surface area (Å²) >= 11 is 5.74. The molecule has 0 unspecified atom stereocenters. The molecular formula is C18H18ClN3O4. The van der Waals surface area contributed by atoms with Gasteiger partial charge in [-0.3, -0.25) is 19.7 Å². The van der Waals surface area contributed by atoms with Gasteiger partial charge in [0, 0.05) is 36.0 Å². The average Bonchev–Trinajstić information content (AvgIpc) is 2.63. The van der Waals surface area contributed by atoms with Crippen LogP contribution in [0.5, 0.6) is 0 Å². The fraction of sp³-hybridized carbons (Fsp3) is 0.222. The molecule has 26 heavy (non-hydrogen) atoms.